The van der Waals surface area contributed by atoms with Gasteiger partial charge in [-0.05, 0) is 55.3 Å². The zero-order chi connectivity index (χ0) is 22.1. The topological polar surface area (TPSA) is 83.7 Å². The number of hydrogen-bond donors (Lipinski definition) is 1. The van der Waals surface area contributed by atoms with Crippen molar-refractivity contribution < 1.29 is 14.1 Å². The Labute approximate surface area is 191 Å². The van der Waals surface area contributed by atoms with Crippen molar-refractivity contribution in [2.45, 2.75) is 18.8 Å². The van der Waals surface area contributed by atoms with Gasteiger partial charge in [0.15, 0.2) is 0 Å². The van der Waals surface area contributed by atoms with E-state index in [9.17, 15) is 4.79 Å². The number of nitrogens with zero attached hydrogens (tertiary/aromatic N) is 4. The number of urea groups is 1. The molecule has 0 spiro atoms. The Morgan fingerprint density at radius 3 is 2.56 bits per heavy atom. The maximum Gasteiger partial charge on any atom is 0.322 e. The summed E-state index contributed by atoms with van der Waals surface area (Å²) in [5.74, 6) is 2.40. The van der Waals surface area contributed by atoms with E-state index < -0.39 is 0 Å². The van der Waals surface area contributed by atoms with Crippen LogP contribution in [0.2, 0.25) is 5.02 Å². The Morgan fingerprint density at radius 1 is 1.12 bits per heavy atom. The lowest BCUT2D eigenvalue weighted by atomic mass is 10.1. The van der Waals surface area contributed by atoms with E-state index in [-0.39, 0.29) is 6.03 Å². The average Bonchev–Trinajstić information content (AvgIpc) is 3.56. The molecule has 1 aromatic heterocycles. The van der Waals surface area contributed by atoms with Crippen molar-refractivity contribution in [2.75, 3.05) is 43.5 Å². The van der Waals surface area contributed by atoms with Crippen molar-refractivity contribution >= 4 is 29.0 Å². The maximum atomic E-state index is 12.7. The monoisotopic (exact) mass is 453 g/mol. The van der Waals surface area contributed by atoms with Gasteiger partial charge in [-0.15, -0.1) is 0 Å². The van der Waals surface area contributed by atoms with Gasteiger partial charge in [0.05, 0.1) is 12.8 Å². The summed E-state index contributed by atoms with van der Waals surface area (Å²) in [7, 11) is 1.56. The predicted molar refractivity (Wildman–Crippen MR) is 123 cm³/mol. The van der Waals surface area contributed by atoms with Crippen LogP contribution in [0, 0.1) is 0 Å². The molecule has 166 valence electrons. The summed E-state index contributed by atoms with van der Waals surface area (Å²) in [5.41, 5.74) is 2.61. The third kappa shape index (κ3) is 4.36. The molecule has 0 atom stereocenters. The summed E-state index contributed by atoms with van der Waals surface area (Å²) in [4.78, 5) is 21.3. The summed E-state index contributed by atoms with van der Waals surface area (Å²) >= 11 is 6.06. The van der Waals surface area contributed by atoms with Crippen LogP contribution < -0.4 is 15.0 Å². The number of anilines is 2. The Hall–Kier alpha value is -3.26. The first kappa shape index (κ1) is 20.6. The fraction of sp³-hybridized carbons (Fsp3) is 0.348. The molecule has 2 heterocycles. The van der Waals surface area contributed by atoms with Crippen molar-refractivity contribution in [1.82, 2.24) is 15.0 Å². The second-order valence-electron chi connectivity index (χ2n) is 8.03. The van der Waals surface area contributed by atoms with Gasteiger partial charge in [-0.2, -0.15) is 4.98 Å². The number of carbonyl (C=O) groups is 1. The molecule has 1 aliphatic carbocycles. The first-order valence-electron chi connectivity index (χ1n) is 10.7. The zero-order valence-electron chi connectivity index (χ0n) is 17.8. The lowest BCUT2D eigenvalue weighted by molar-refractivity contribution is 0.208. The SMILES string of the molecule is COc1ccc(Cl)cc1NC(=O)N1CCN(c2ccc(-c3noc(C4CC4)n3)cc2)CC1. The predicted octanol–water partition coefficient (Wildman–Crippen LogP) is 4.63. The fourth-order valence-electron chi connectivity index (χ4n) is 3.81. The number of carbonyl (C=O) groups excluding carboxylic acids is 1. The van der Waals surface area contributed by atoms with Crippen molar-refractivity contribution in [1.29, 1.82) is 0 Å². The molecule has 2 amide bonds. The summed E-state index contributed by atoms with van der Waals surface area (Å²) in [6.45, 7) is 2.72. The smallest absolute Gasteiger partial charge is 0.322 e. The highest BCUT2D eigenvalue weighted by Gasteiger charge is 2.30. The van der Waals surface area contributed by atoms with Gasteiger partial charge in [0.1, 0.15) is 5.75 Å². The molecule has 2 aliphatic rings. The highest BCUT2D eigenvalue weighted by molar-refractivity contribution is 6.31. The van der Waals surface area contributed by atoms with Gasteiger partial charge in [-0.25, -0.2) is 4.79 Å². The Kier molecular flexibility index (Phi) is 5.61. The summed E-state index contributed by atoms with van der Waals surface area (Å²) in [6, 6.07) is 13.1. The molecule has 3 aromatic rings. The highest BCUT2D eigenvalue weighted by Crippen LogP contribution is 2.39. The molecule has 0 unspecified atom stereocenters. The quantitative estimate of drug-likeness (QED) is 0.606. The molecule has 0 radical (unpaired) electrons. The van der Waals surface area contributed by atoms with Gasteiger partial charge in [-0.3, -0.25) is 0 Å². The summed E-state index contributed by atoms with van der Waals surface area (Å²) in [5, 5.41) is 7.55. The number of nitrogens with one attached hydrogen (secondary N) is 1. The van der Waals surface area contributed by atoms with Gasteiger partial charge in [-0.1, -0.05) is 16.8 Å². The van der Waals surface area contributed by atoms with Crippen LogP contribution in [0.15, 0.2) is 47.0 Å². The number of methoxy groups -OCH3 is 1. The molecule has 1 aliphatic heterocycles. The molecule has 9 heteroatoms. The molecule has 1 N–H and O–H groups in total. The average molecular weight is 454 g/mol. The van der Waals surface area contributed by atoms with Gasteiger partial charge < -0.3 is 24.4 Å². The maximum absolute atomic E-state index is 12.7. The Bertz CT molecular complexity index is 1110. The normalized spacial score (nSPS) is 16.2. The minimum Gasteiger partial charge on any atom is -0.495 e. The number of ether oxygens (including phenoxy) is 1. The number of benzene rings is 2. The zero-order valence-corrected chi connectivity index (χ0v) is 18.5. The van der Waals surface area contributed by atoms with Crippen LogP contribution in [0.25, 0.3) is 11.4 Å². The van der Waals surface area contributed by atoms with Crippen molar-refractivity contribution in [3.63, 3.8) is 0 Å². The van der Waals surface area contributed by atoms with Crippen molar-refractivity contribution in [3.8, 4) is 17.1 Å². The Balaban J connectivity index is 1.18. The number of piperazine rings is 1. The highest BCUT2D eigenvalue weighted by atomic mass is 35.5. The molecule has 2 aromatic carbocycles. The Morgan fingerprint density at radius 2 is 1.88 bits per heavy atom. The van der Waals surface area contributed by atoms with Crippen molar-refractivity contribution in [3.05, 3.63) is 53.4 Å². The number of halogens is 1. The van der Waals surface area contributed by atoms with Crippen LogP contribution in [0.4, 0.5) is 16.2 Å². The van der Waals surface area contributed by atoms with Gasteiger partial charge in [0.25, 0.3) is 0 Å². The van der Waals surface area contributed by atoms with E-state index in [1.807, 2.05) is 12.1 Å². The molecule has 1 saturated heterocycles. The number of amides is 2. The molecule has 8 nitrogen and oxygen atoms in total. The van der Waals surface area contributed by atoms with Crippen molar-refractivity contribution in [2.24, 2.45) is 0 Å². The number of aromatic nitrogens is 2. The van der Waals surface area contributed by atoms with E-state index in [0.717, 1.165) is 43.1 Å². The molecule has 1 saturated carbocycles. The van der Waals surface area contributed by atoms with Crippen LogP contribution in [0.3, 0.4) is 0 Å². The van der Waals surface area contributed by atoms with E-state index in [4.69, 9.17) is 20.9 Å². The van der Waals surface area contributed by atoms with E-state index in [0.29, 0.717) is 41.3 Å². The first-order valence-corrected chi connectivity index (χ1v) is 11.1. The standard InChI is InChI=1S/C23H24ClN5O3/c1-31-20-9-6-17(24)14-19(20)25-23(30)29-12-10-28(11-13-29)18-7-4-15(5-8-18)21-26-22(32-27-21)16-2-3-16/h4-9,14,16H,2-3,10-13H2,1H3,(H,25,30). The van der Waals surface area contributed by atoms with Crippen LogP contribution in [0.5, 0.6) is 5.75 Å². The summed E-state index contributed by atoms with van der Waals surface area (Å²) in [6.07, 6.45) is 2.27. The van der Waals surface area contributed by atoms with Crippen LogP contribution >= 0.6 is 11.6 Å². The molecule has 2 fully saturated rings. The molecular weight excluding hydrogens is 430 g/mol. The van der Waals surface area contributed by atoms with E-state index in [1.54, 1.807) is 30.2 Å². The van der Waals surface area contributed by atoms with Gasteiger partial charge >= 0.3 is 6.03 Å². The second kappa shape index (κ2) is 8.70. The first-order chi connectivity index (χ1) is 15.6. The summed E-state index contributed by atoms with van der Waals surface area (Å²) < 4.78 is 10.7. The van der Waals surface area contributed by atoms with Gasteiger partial charge in [0.2, 0.25) is 11.7 Å². The fourth-order valence-corrected chi connectivity index (χ4v) is 3.98. The molecule has 0 bridgehead atoms. The molecule has 5 rings (SSSR count). The largest absolute Gasteiger partial charge is 0.495 e. The third-order valence-corrected chi connectivity index (χ3v) is 6.06. The lowest BCUT2D eigenvalue weighted by Gasteiger charge is -2.36. The number of hydrogen-bond acceptors (Lipinski definition) is 6. The second-order valence-corrected chi connectivity index (χ2v) is 8.46. The molecular formula is C23H24ClN5O3. The number of rotatable bonds is 5. The molecule has 32 heavy (non-hydrogen) atoms. The minimum atomic E-state index is -0.163. The van der Waals surface area contributed by atoms with E-state index >= 15 is 0 Å². The third-order valence-electron chi connectivity index (χ3n) is 5.83. The van der Waals surface area contributed by atoms with E-state index in [1.165, 1.54) is 0 Å². The minimum absolute atomic E-state index is 0.163. The van der Waals surface area contributed by atoms with Crippen LogP contribution in [-0.2, 0) is 0 Å². The lowest BCUT2D eigenvalue weighted by Crippen LogP contribution is -2.50. The van der Waals surface area contributed by atoms with Crippen LogP contribution in [-0.4, -0.2) is 54.4 Å². The van der Waals surface area contributed by atoms with Crippen LogP contribution in [0.1, 0.15) is 24.7 Å². The van der Waals surface area contributed by atoms with Gasteiger partial charge in [0, 0.05) is 48.4 Å². The van der Waals surface area contributed by atoms with E-state index in [2.05, 4.69) is 32.5 Å².